The molecule has 0 fully saturated rings. The number of amides is 3. The van der Waals surface area contributed by atoms with Crippen molar-refractivity contribution in [3.8, 4) is 0 Å². The van der Waals surface area contributed by atoms with E-state index in [1.807, 2.05) is 44.3 Å². The highest BCUT2D eigenvalue weighted by Crippen LogP contribution is 2.29. The zero-order chi connectivity index (χ0) is 25.7. The summed E-state index contributed by atoms with van der Waals surface area (Å²) in [5.41, 5.74) is 4.80. The van der Waals surface area contributed by atoms with Gasteiger partial charge in [0.2, 0.25) is 5.91 Å². The number of aryl methyl sites for hydroxylation is 3. The fourth-order valence-electron chi connectivity index (χ4n) is 4.96. The van der Waals surface area contributed by atoms with Crippen LogP contribution in [0.5, 0.6) is 0 Å². The molecule has 36 heavy (non-hydrogen) atoms. The van der Waals surface area contributed by atoms with Crippen molar-refractivity contribution < 1.29 is 14.4 Å². The molecule has 0 saturated heterocycles. The van der Waals surface area contributed by atoms with Crippen molar-refractivity contribution in [2.45, 2.75) is 58.9 Å². The molecule has 3 amide bonds. The summed E-state index contributed by atoms with van der Waals surface area (Å²) in [5, 5.41) is 0. The van der Waals surface area contributed by atoms with Crippen LogP contribution in [0.3, 0.4) is 0 Å². The van der Waals surface area contributed by atoms with E-state index in [2.05, 4.69) is 11.1 Å². The van der Waals surface area contributed by atoms with Crippen LogP contribution in [-0.4, -0.2) is 40.2 Å². The summed E-state index contributed by atoms with van der Waals surface area (Å²) in [4.78, 5) is 47.0. The van der Waals surface area contributed by atoms with Gasteiger partial charge in [0.05, 0.1) is 11.1 Å². The van der Waals surface area contributed by atoms with Crippen LogP contribution < -0.4 is 4.90 Å². The zero-order valence-corrected chi connectivity index (χ0v) is 21.2. The van der Waals surface area contributed by atoms with E-state index in [9.17, 15) is 14.4 Å². The fourth-order valence-corrected chi connectivity index (χ4v) is 4.96. The lowest BCUT2D eigenvalue weighted by atomic mass is 10.0. The molecule has 6 heteroatoms. The van der Waals surface area contributed by atoms with E-state index in [1.165, 1.54) is 5.56 Å². The van der Waals surface area contributed by atoms with Crippen molar-refractivity contribution in [3.63, 3.8) is 0 Å². The minimum atomic E-state index is -0.901. The number of carbonyl (C=O) groups is 3. The molecular formula is C30H33N3O3. The van der Waals surface area contributed by atoms with Gasteiger partial charge in [-0.05, 0) is 74.9 Å². The second kappa shape index (κ2) is 11.3. The molecule has 0 spiro atoms. The van der Waals surface area contributed by atoms with Crippen LogP contribution in [0, 0.1) is 13.8 Å². The van der Waals surface area contributed by atoms with Crippen molar-refractivity contribution in [1.82, 2.24) is 9.88 Å². The first kappa shape index (κ1) is 25.3. The lowest BCUT2D eigenvalue weighted by molar-refractivity contribution is -0.122. The molecule has 0 radical (unpaired) electrons. The topological polar surface area (TPSA) is 70.6 Å². The van der Waals surface area contributed by atoms with Gasteiger partial charge in [-0.25, -0.2) is 0 Å². The fraction of sp³-hybridized carbons (Fsp3) is 0.333. The van der Waals surface area contributed by atoms with Crippen LogP contribution in [-0.2, 0) is 11.2 Å². The number of fused-ring (bicyclic) bond motifs is 1. The summed E-state index contributed by atoms with van der Waals surface area (Å²) in [6, 6.07) is 15.8. The molecular weight excluding hydrogens is 450 g/mol. The standard InChI is InChI=1S/C30H33N3O3/c1-21-12-10-13-22(2)27(21)32(19-9-5-4-6-14-24-15-11-18-31-20-24)28(34)23(3)33-29(35)25-16-7-8-17-26(25)30(33)36/h7-8,10-13,15-18,20,23H,4-6,9,14,19H2,1-3H3. The van der Waals surface area contributed by atoms with Gasteiger partial charge in [-0.2, -0.15) is 0 Å². The quantitative estimate of drug-likeness (QED) is 0.281. The van der Waals surface area contributed by atoms with Gasteiger partial charge in [0.1, 0.15) is 6.04 Å². The van der Waals surface area contributed by atoms with Crippen molar-refractivity contribution >= 4 is 23.4 Å². The lowest BCUT2D eigenvalue weighted by Gasteiger charge is -2.31. The van der Waals surface area contributed by atoms with Gasteiger partial charge >= 0.3 is 0 Å². The summed E-state index contributed by atoms with van der Waals surface area (Å²) in [6.07, 6.45) is 8.61. The van der Waals surface area contributed by atoms with E-state index >= 15 is 0 Å². The minimum Gasteiger partial charge on any atom is -0.310 e. The summed E-state index contributed by atoms with van der Waals surface area (Å²) in [6.45, 7) is 6.16. The van der Waals surface area contributed by atoms with E-state index in [-0.39, 0.29) is 5.91 Å². The van der Waals surface area contributed by atoms with Crippen LogP contribution in [0.15, 0.2) is 67.0 Å². The maximum Gasteiger partial charge on any atom is 0.262 e. The largest absolute Gasteiger partial charge is 0.310 e. The Bertz CT molecular complexity index is 1200. The average Bonchev–Trinajstić information content (AvgIpc) is 3.14. The van der Waals surface area contributed by atoms with Crippen LogP contribution in [0.25, 0.3) is 0 Å². The van der Waals surface area contributed by atoms with E-state index in [0.29, 0.717) is 17.7 Å². The third-order valence-electron chi connectivity index (χ3n) is 6.87. The molecule has 186 valence electrons. The summed E-state index contributed by atoms with van der Waals surface area (Å²) in [5.74, 6) is -1.06. The Kier molecular flexibility index (Phi) is 7.93. The summed E-state index contributed by atoms with van der Waals surface area (Å²) < 4.78 is 0. The number of unbranched alkanes of at least 4 members (excludes halogenated alkanes) is 3. The van der Waals surface area contributed by atoms with Crippen molar-refractivity contribution in [3.05, 3.63) is 94.8 Å². The molecule has 1 unspecified atom stereocenters. The number of rotatable bonds is 10. The number of hydrogen-bond acceptors (Lipinski definition) is 4. The number of anilines is 1. The number of carbonyl (C=O) groups excluding carboxylic acids is 3. The summed E-state index contributed by atoms with van der Waals surface area (Å²) in [7, 11) is 0. The Morgan fingerprint density at radius 1 is 0.861 bits per heavy atom. The number of aromatic nitrogens is 1. The maximum atomic E-state index is 13.9. The van der Waals surface area contributed by atoms with Gasteiger partial charge in [0.25, 0.3) is 11.8 Å². The molecule has 4 rings (SSSR count). The minimum absolute atomic E-state index is 0.239. The normalized spacial score (nSPS) is 13.6. The third kappa shape index (κ3) is 5.23. The third-order valence-corrected chi connectivity index (χ3v) is 6.87. The molecule has 0 saturated carbocycles. The number of hydrogen-bond donors (Lipinski definition) is 0. The first-order valence-electron chi connectivity index (χ1n) is 12.6. The van der Waals surface area contributed by atoms with Gasteiger partial charge in [-0.1, -0.05) is 49.2 Å². The molecule has 1 aromatic heterocycles. The molecule has 2 heterocycles. The van der Waals surface area contributed by atoms with Gasteiger partial charge in [-0.3, -0.25) is 24.3 Å². The average molecular weight is 484 g/mol. The first-order valence-corrected chi connectivity index (χ1v) is 12.6. The molecule has 1 aliphatic heterocycles. The Labute approximate surface area is 213 Å². The highest BCUT2D eigenvalue weighted by atomic mass is 16.2. The van der Waals surface area contributed by atoms with Crippen LogP contribution in [0.4, 0.5) is 5.69 Å². The van der Waals surface area contributed by atoms with E-state index in [4.69, 9.17) is 0 Å². The monoisotopic (exact) mass is 483 g/mol. The number of nitrogens with zero attached hydrogens (tertiary/aromatic N) is 3. The van der Waals surface area contributed by atoms with Gasteiger partial charge in [0, 0.05) is 24.6 Å². The summed E-state index contributed by atoms with van der Waals surface area (Å²) >= 11 is 0. The number of pyridine rings is 1. The predicted octanol–water partition coefficient (Wildman–Crippen LogP) is 5.52. The highest BCUT2D eigenvalue weighted by molar-refractivity contribution is 6.23. The van der Waals surface area contributed by atoms with Crippen LogP contribution >= 0.6 is 0 Å². The first-order chi connectivity index (χ1) is 17.4. The lowest BCUT2D eigenvalue weighted by Crippen LogP contribution is -2.50. The van der Waals surface area contributed by atoms with Crippen LogP contribution in [0.1, 0.15) is 70.0 Å². The van der Waals surface area contributed by atoms with Crippen LogP contribution in [0.2, 0.25) is 0 Å². The highest BCUT2D eigenvalue weighted by Gasteiger charge is 2.42. The Morgan fingerprint density at radius 3 is 2.11 bits per heavy atom. The van der Waals surface area contributed by atoms with E-state index in [0.717, 1.165) is 53.8 Å². The molecule has 0 bridgehead atoms. The Hall–Kier alpha value is -3.80. The molecule has 0 N–H and O–H groups in total. The van der Waals surface area contributed by atoms with Crippen molar-refractivity contribution in [2.24, 2.45) is 0 Å². The number of para-hydroxylation sites is 1. The SMILES string of the molecule is Cc1cccc(C)c1N(CCCCCCc1cccnc1)C(=O)C(C)N1C(=O)c2ccccc2C1=O. The van der Waals surface area contributed by atoms with Gasteiger partial charge in [-0.15, -0.1) is 0 Å². The molecule has 6 nitrogen and oxygen atoms in total. The smallest absolute Gasteiger partial charge is 0.262 e. The van der Waals surface area contributed by atoms with Gasteiger partial charge < -0.3 is 4.90 Å². The Balaban J connectivity index is 1.46. The second-order valence-corrected chi connectivity index (χ2v) is 9.46. The van der Waals surface area contributed by atoms with Gasteiger partial charge in [0.15, 0.2) is 0 Å². The molecule has 1 atom stereocenters. The number of imide groups is 1. The van der Waals surface area contributed by atoms with E-state index < -0.39 is 17.9 Å². The molecule has 0 aliphatic carbocycles. The molecule has 1 aliphatic rings. The van der Waals surface area contributed by atoms with E-state index in [1.54, 1.807) is 42.3 Å². The molecule has 3 aromatic rings. The Morgan fingerprint density at radius 2 is 1.50 bits per heavy atom. The maximum absolute atomic E-state index is 13.9. The zero-order valence-electron chi connectivity index (χ0n) is 21.2. The van der Waals surface area contributed by atoms with Crippen molar-refractivity contribution in [1.29, 1.82) is 0 Å². The second-order valence-electron chi connectivity index (χ2n) is 9.46. The predicted molar refractivity (Wildman–Crippen MR) is 141 cm³/mol. The molecule has 2 aromatic carbocycles. The van der Waals surface area contributed by atoms with Crippen molar-refractivity contribution in [2.75, 3.05) is 11.4 Å². The number of benzene rings is 2.